The maximum absolute atomic E-state index is 5.10. The lowest BCUT2D eigenvalue weighted by Crippen LogP contribution is -2.32. The van der Waals surface area contributed by atoms with Crippen LogP contribution in [0.4, 0.5) is 0 Å². The highest BCUT2D eigenvalue weighted by atomic mass is 16.9. The third-order valence-corrected chi connectivity index (χ3v) is 1.63. The molecule has 0 aliphatic heterocycles. The normalized spacial score (nSPS) is 11.9. The molecule has 12 heavy (non-hydrogen) atoms. The van der Waals surface area contributed by atoms with Crippen LogP contribution in [0.3, 0.4) is 0 Å². The highest BCUT2D eigenvalue weighted by Crippen LogP contribution is 2.26. The molecule has 4 nitrogen and oxygen atoms in total. The molecule has 0 unspecified atom stereocenters. The molecule has 1 rings (SSSR count). The fourth-order valence-corrected chi connectivity index (χ4v) is 1.00. The van der Waals surface area contributed by atoms with Crippen LogP contribution in [-0.2, 0) is 20.2 Å². The van der Waals surface area contributed by atoms with Gasteiger partial charge >= 0.3 is 5.97 Å². The molecule has 0 radical (unpaired) electrons. The van der Waals surface area contributed by atoms with Crippen LogP contribution in [-0.4, -0.2) is 21.3 Å². The first-order valence-electron chi connectivity index (χ1n) is 3.48. The second kappa shape index (κ2) is 3.71. The minimum absolute atomic E-state index is 0.481. The Kier molecular flexibility index (Phi) is 2.86. The molecule has 1 aromatic rings. The van der Waals surface area contributed by atoms with Crippen LogP contribution in [0.1, 0.15) is 5.76 Å². The average molecular weight is 172 g/mol. The molecular weight excluding hydrogens is 160 g/mol. The standard InChI is InChI=1S/C8H12O4/c1-9-8(10-2,11-3)7-5-4-6-12-7/h4-6H,1-3H3. The molecule has 0 N–H and O–H groups in total. The first-order chi connectivity index (χ1) is 5.79. The Hall–Kier alpha value is -0.840. The van der Waals surface area contributed by atoms with Crippen LogP contribution in [0.25, 0.3) is 0 Å². The van der Waals surface area contributed by atoms with E-state index in [4.69, 9.17) is 18.6 Å². The molecule has 0 spiro atoms. The van der Waals surface area contributed by atoms with E-state index in [9.17, 15) is 0 Å². The van der Waals surface area contributed by atoms with E-state index in [0.29, 0.717) is 5.76 Å². The number of methoxy groups -OCH3 is 3. The number of rotatable bonds is 4. The van der Waals surface area contributed by atoms with Gasteiger partial charge in [-0.3, -0.25) is 0 Å². The summed E-state index contributed by atoms with van der Waals surface area (Å²) >= 11 is 0. The SMILES string of the molecule is COC(OC)(OC)c1ccco1. The second-order valence-corrected chi connectivity index (χ2v) is 2.15. The molecule has 0 saturated heterocycles. The molecule has 68 valence electrons. The van der Waals surface area contributed by atoms with Gasteiger partial charge in [-0.2, -0.15) is 0 Å². The molecule has 0 aliphatic carbocycles. The minimum atomic E-state index is -1.22. The Bertz CT molecular complexity index is 205. The third-order valence-electron chi connectivity index (χ3n) is 1.63. The van der Waals surface area contributed by atoms with Crippen molar-refractivity contribution in [3.05, 3.63) is 24.2 Å². The van der Waals surface area contributed by atoms with E-state index in [-0.39, 0.29) is 0 Å². The van der Waals surface area contributed by atoms with Gasteiger partial charge in [0.15, 0.2) is 5.76 Å². The quantitative estimate of drug-likeness (QED) is 0.642. The van der Waals surface area contributed by atoms with Gasteiger partial charge in [0.05, 0.1) is 6.26 Å². The lowest BCUT2D eigenvalue weighted by atomic mass is 10.4. The first kappa shape index (κ1) is 9.25. The van der Waals surface area contributed by atoms with Crippen LogP contribution >= 0.6 is 0 Å². The summed E-state index contributed by atoms with van der Waals surface area (Å²) in [6.45, 7) is 0. The lowest BCUT2D eigenvalue weighted by Gasteiger charge is -2.25. The Morgan fingerprint density at radius 3 is 2.08 bits per heavy atom. The van der Waals surface area contributed by atoms with Crippen molar-refractivity contribution in [3.8, 4) is 0 Å². The van der Waals surface area contributed by atoms with Gasteiger partial charge in [-0.15, -0.1) is 0 Å². The van der Waals surface area contributed by atoms with Crippen molar-refractivity contribution >= 4 is 0 Å². The molecule has 1 aromatic heterocycles. The summed E-state index contributed by atoms with van der Waals surface area (Å²) in [5.41, 5.74) is 0. The average Bonchev–Trinajstić information content (AvgIpc) is 2.62. The van der Waals surface area contributed by atoms with E-state index in [0.717, 1.165) is 0 Å². The van der Waals surface area contributed by atoms with Crippen LogP contribution in [0.15, 0.2) is 22.8 Å². The van der Waals surface area contributed by atoms with Crippen molar-refractivity contribution in [2.75, 3.05) is 21.3 Å². The van der Waals surface area contributed by atoms with E-state index < -0.39 is 5.97 Å². The summed E-state index contributed by atoms with van der Waals surface area (Å²) in [4.78, 5) is 0. The van der Waals surface area contributed by atoms with Crippen LogP contribution in [0, 0.1) is 0 Å². The van der Waals surface area contributed by atoms with E-state index in [1.165, 1.54) is 27.6 Å². The Balaban J connectivity index is 2.93. The van der Waals surface area contributed by atoms with Gasteiger partial charge in [-0.05, 0) is 12.1 Å². The summed E-state index contributed by atoms with van der Waals surface area (Å²) in [6, 6.07) is 3.46. The van der Waals surface area contributed by atoms with Crippen LogP contribution in [0.2, 0.25) is 0 Å². The highest BCUT2D eigenvalue weighted by molar-refractivity contribution is 5.02. The van der Waals surface area contributed by atoms with Gasteiger partial charge in [-0.1, -0.05) is 0 Å². The molecular formula is C8H12O4. The minimum Gasteiger partial charge on any atom is -0.461 e. The molecule has 0 aliphatic rings. The number of furan rings is 1. The molecule has 0 bridgehead atoms. The largest absolute Gasteiger partial charge is 0.461 e. The predicted molar refractivity (Wildman–Crippen MR) is 41.4 cm³/mol. The Morgan fingerprint density at radius 1 is 1.17 bits per heavy atom. The number of hydrogen-bond donors (Lipinski definition) is 0. The number of hydrogen-bond acceptors (Lipinski definition) is 4. The summed E-state index contributed by atoms with van der Waals surface area (Å²) in [7, 11) is 4.44. The van der Waals surface area contributed by atoms with Gasteiger partial charge < -0.3 is 18.6 Å². The summed E-state index contributed by atoms with van der Waals surface area (Å²) in [6.07, 6.45) is 1.53. The van der Waals surface area contributed by atoms with Gasteiger partial charge in [0, 0.05) is 21.3 Å². The van der Waals surface area contributed by atoms with Crippen molar-refractivity contribution < 1.29 is 18.6 Å². The van der Waals surface area contributed by atoms with Crippen molar-refractivity contribution in [3.63, 3.8) is 0 Å². The van der Waals surface area contributed by atoms with E-state index in [1.807, 2.05) is 0 Å². The van der Waals surface area contributed by atoms with Gasteiger partial charge in [0.25, 0.3) is 0 Å². The lowest BCUT2D eigenvalue weighted by molar-refractivity contribution is -0.372. The zero-order chi connectivity index (χ0) is 9.03. The Labute approximate surface area is 71.0 Å². The van der Waals surface area contributed by atoms with Gasteiger partial charge in [0.2, 0.25) is 0 Å². The molecule has 4 heteroatoms. The highest BCUT2D eigenvalue weighted by Gasteiger charge is 2.35. The molecule has 0 amide bonds. The molecule has 0 saturated carbocycles. The maximum Gasteiger partial charge on any atom is 0.345 e. The van der Waals surface area contributed by atoms with E-state index in [1.54, 1.807) is 12.1 Å². The van der Waals surface area contributed by atoms with E-state index in [2.05, 4.69) is 0 Å². The van der Waals surface area contributed by atoms with Crippen molar-refractivity contribution in [2.45, 2.75) is 5.97 Å². The molecule has 0 atom stereocenters. The first-order valence-corrected chi connectivity index (χ1v) is 3.48. The predicted octanol–water partition coefficient (Wildman–Crippen LogP) is 1.33. The van der Waals surface area contributed by atoms with Crippen molar-refractivity contribution in [1.82, 2.24) is 0 Å². The van der Waals surface area contributed by atoms with Crippen molar-refractivity contribution in [2.24, 2.45) is 0 Å². The Morgan fingerprint density at radius 2 is 1.75 bits per heavy atom. The summed E-state index contributed by atoms with van der Waals surface area (Å²) in [5.74, 6) is -0.737. The topological polar surface area (TPSA) is 40.8 Å². The number of ether oxygens (including phenoxy) is 3. The zero-order valence-electron chi connectivity index (χ0n) is 7.37. The van der Waals surface area contributed by atoms with Crippen LogP contribution < -0.4 is 0 Å². The molecule has 0 fully saturated rings. The van der Waals surface area contributed by atoms with Crippen LogP contribution in [0.5, 0.6) is 0 Å². The molecule has 0 aromatic carbocycles. The summed E-state index contributed by atoms with van der Waals surface area (Å²) < 4.78 is 20.2. The zero-order valence-corrected chi connectivity index (χ0v) is 7.37. The summed E-state index contributed by atoms with van der Waals surface area (Å²) in [5, 5.41) is 0. The maximum atomic E-state index is 5.10. The fraction of sp³-hybridized carbons (Fsp3) is 0.500. The van der Waals surface area contributed by atoms with E-state index >= 15 is 0 Å². The van der Waals surface area contributed by atoms with Gasteiger partial charge in [-0.25, -0.2) is 0 Å². The fourth-order valence-electron chi connectivity index (χ4n) is 1.00. The van der Waals surface area contributed by atoms with Crippen molar-refractivity contribution in [1.29, 1.82) is 0 Å². The molecule has 1 heterocycles. The second-order valence-electron chi connectivity index (χ2n) is 2.15. The smallest absolute Gasteiger partial charge is 0.345 e. The van der Waals surface area contributed by atoms with Gasteiger partial charge in [0.1, 0.15) is 0 Å². The monoisotopic (exact) mass is 172 g/mol. The third kappa shape index (κ3) is 1.36.